The summed E-state index contributed by atoms with van der Waals surface area (Å²) in [6, 6.07) is -4.86. The Labute approximate surface area is 192 Å². The minimum absolute atomic E-state index is 0.0107. The number of carboxylic acids is 1. The van der Waals surface area contributed by atoms with Crippen molar-refractivity contribution in [2.24, 2.45) is 11.5 Å². The predicted octanol–water partition coefficient (Wildman–Crippen LogP) is -2.49. The maximum atomic E-state index is 12.6. The quantitative estimate of drug-likeness (QED) is 0.0930. The van der Waals surface area contributed by atoms with Crippen LogP contribution in [0.5, 0.6) is 0 Å². The second kappa shape index (κ2) is 15.7. The number of rotatable bonds is 16. The number of unbranched alkanes of at least 4 members (excludes halogenated alkanes) is 1. The van der Waals surface area contributed by atoms with Crippen LogP contribution in [0.15, 0.2) is 0 Å². The van der Waals surface area contributed by atoms with Crippen LogP contribution in [-0.2, 0) is 28.8 Å². The Hall–Kier alpha value is -3.06. The van der Waals surface area contributed by atoms with Crippen molar-refractivity contribution in [2.75, 3.05) is 6.54 Å². The fourth-order valence-corrected chi connectivity index (χ4v) is 2.58. The van der Waals surface area contributed by atoms with Gasteiger partial charge < -0.3 is 42.6 Å². The highest BCUT2D eigenvalue weighted by atomic mass is 16.4. The lowest BCUT2D eigenvalue weighted by Crippen LogP contribution is -2.54. The van der Waals surface area contributed by atoms with E-state index in [0.29, 0.717) is 25.7 Å². The van der Waals surface area contributed by atoms with Gasteiger partial charge in [-0.1, -0.05) is 0 Å². The number of carboxylic acid groups (broad SMARTS) is 1. The van der Waals surface area contributed by atoms with Gasteiger partial charge in [-0.25, -0.2) is 0 Å². The molecule has 9 N–H and O–H groups in total. The van der Waals surface area contributed by atoms with E-state index < -0.39 is 59.8 Å². The zero-order valence-electron chi connectivity index (χ0n) is 19.3. The fraction of sp³-hybridized carbons (Fsp3) is 0.700. The van der Waals surface area contributed by atoms with Crippen LogP contribution in [-0.4, -0.2) is 77.7 Å². The summed E-state index contributed by atoms with van der Waals surface area (Å²) in [7, 11) is 0. The van der Waals surface area contributed by atoms with Crippen LogP contribution < -0.4 is 32.7 Å². The molecule has 4 amide bonds. The maximum Gasteiger partial charge on any atom is 0.325 e. The smallest absolute Gasteiger partial charge is 0.325 e. The molecule has 0 aromatic rings. The highest BCUT2D eigenvalue weighted by Crippen LogP contribution is 2.04. The highest BCUT2D eigenvalue weighted by molar-refractivity contribution is 5.93. The normalized spacial score (nSPS) is 15.2. The molecule has 5 atom stereocenters. The van der Waals surface area contributed by atoms with Crippen molar-refractivity contribution in [3.05, 3.63) is 0 Å². The van der Waals surface area contributed by atoms with Crippen LogP contribution in [0.4, 0.5) is 0 Å². The summed E-state index contributed by atoms with van der Waals surface area (Å²) in [4.78, 5) is 70.7. The number of hydrogen-bond acceptors (Lipinski definition) is 8. The molecule has 0 unspecified atom stereocenters. The number of nitrogens with one attached hydrogen (secondary N) is 4. The van der Waals surface area contributed by atoms with Crippen molar-refractivity contribution in [2.45, 2.75) is 83.1 Å². The van der Waals surface area contributed by atoms with Crippen molar-refractivity contribution in [1.29, 1.82) is 0 Å². The minimum Gasteiger partial charge on any atom is -0.480 e. The largest absolute Gasteiger partial charge is 0.480 e. The van der Waals surface area contributed by atoms with Gasteiger partial charge in [-0.15, -0.1) is 0 Å². The van der Waals surface area contributed by atoms with E-state index in [-0.39, 0.29) is 19.3 Å². The van der Waals surface area contributed by atoms with Crippen LogP contribution in [0, 0.1) is 0 Å². The summed E-state index contributed by atoms with van der Waals surface area (Å²) in [6.45, 7) is 4.52. The zero-order chi connectivity index (χ0) is 25.6. The maximum absolute atomic E-state index is 12.6. The monoisotopic (exact) mass is 472 g/mol. The van der Waals surface area contributed by atoms with Gasteiger partial charge in [0.15, 0.2) is 0 Å². The molecule has 13 nitrogen and oxygen atoms in total. The number of nitrogens with two attached hydrogens (primary N) is 2. The van der Waals surface area contributed by atoms with E-state index >= 15 is 0 Å². The number of amides is 4. The number of aldehydes is 1. The van der Waals surface area contributed by atoms with Gasteiger partial charge >= 0.3 is 5.97 Å². The van der Waals surface area contributed by atoms with E-state index in [1.54, 1.807) is 0 Å². The molecule has 0 aliphatic carbocycles. The molecule has 0 aliphatic rings. The Kier molecular flexibility index (Phi) is 14.2. The van der Waals surface area contributed by atoms with Crippen molar-refractivity contribution in [3.63, 3.8) is 0 Å². The molecule has 0 fully saturated rings. The molecular formula is C20H36N6O7. The molecule has 0 aliphatic heterocycles. The first-order chi connectivity index (χ1) is 15.4. The van der Waals surface area contributed by atoms with Gasteiger partial charge in [0.2, 0.25) is 23.6 Å². The van der Waals surface area contributed by atoms with Crippen molar-refractivity contribution >= 4 is 35.9 Å². The van der Waals surface area contributed by atoms with Crippen molar-refractivity contribution < 1.29 is 33.9 Å². The number of aliphatic carboxylic acids is 1. The molecule has 0 aromatic heterocycles. The summed E-state index contributed by atoms with van der Waals surface area (Å²) in [5, 5.41) is 18.5. The second-order valence-electron chi connectivity index (χ2n) is 7.78. The lowest BCUT2D eigenvalue weighted by atomic mass is 10.1. The SMILES string of the molecule is C[C@H](N)C(=O)N[C@@H](C=O)CCC(=O)N[C@@H](CCCCN)C(=O)N[C@H](C)C(=O)N[C@H](C)C(=O)O. The van der Waals surface area contributed by atoms with Gasteiger partial charge in [-0.2, -0.15) is 0 Å². The third kappa shape index (κ3) is 12.5. The van der Waals surface area contributed by atoms with Crippen LogP contribution >= 0.6 is 0 Å². The molecule has 188 valence electrons. The van der Waals surface area contributed by atoms with Crippen LogP contribution in [0.25, 0.3) is 0 Å². The van der Waals surface area contributed by atoms with Crippen LogP contribution in [0.1, 0.15) is 52.9 Å². The Morgan fingerprint density at radius 2 is 1.45 bits per heavy atom. The standard InChI is InChI=1S/C20H36N6O7/c1-11(22)17(29)25-14(10-27)7-8-16(28)26-15(6-4-5-9-21)19(31)23-12(2)18(30)24-13(3)20(32)33/h10-15H,4-9,21-22H2,1-3H3,(H,23,31)(H,24,30)(H,25,29)(H,26,28)(H,32,33)/t11-,12+,13+,14+,15-/m0/s1. The van der Waals surface area contributed by atoms with E-state index in [1.165, 1.54) is 20.8 Å². The summed E-state index contributed by atoms with van der Waals surface area (Å²) >= 11 is 0. The molecule has 0 radical (unpaired) electrons. The van der Waals surface area contributed by atoms with Gasteiger partial charge in [-0.05, 0) is 53.0 Å². The first kappa shape index (κ1) is 29.9. The second-order valence-corrected chi connectivity index (χ2v) is 7.78. The minimum atomic E-state index is -1.22. The van der Waals surface area contributed by atoms with E-state index in [0.717, 1.165) is 0 Å². The topological polar surface area (TPSA) is 223 Å². The molecule has 0 heterocycles. The zero-order valence-corrected chi connectivity index (χ0v) is 19.3. The molecule has 33 heavy (non-hydrogen) atoms. The Morgan fingerprint density at radius 1 is 0.848 bits per heavy atom. The van der Waals surface area contributed by atoms with E-state index in [1.807, 2.05) is 0 Å². The molecule has 0 bridgehead atoms. The lowest BCUT2D eigenvalue weighted by molar-refractivity contribution is -0.141. The molecule has 0 aromatic carbocycles. The third-order valence-corrected chi connectivity index (χ3v) is 4.67. The van der Waals surface area contributed by atoms with Crippen LogP contribution in [0.3, 0.4) is 0 Å². The highest BCUT2D eigenvalue weighted by Gasteiger charge is 2.26. The van der Waals surface area contributed by atoms with E-state index in [4.69, 9.17) is 16.6 Å². The number of carbonyl (C=O) groups is 6. The number of hydrogen-bond donors (Lipinski definition) is 7. The van der Waals surface area contributed by atoms with Gasteiger partial charge in [0.25, 0.3) is 0 Å². The van der Waals surface area contributed by atoms with Gasteiger partial charge in [0, 0.05) is 6.42 Å². The molecule has 0 saturated heterocycles. The third-order valence-electron chi connectivity index (χ3n) is 4.67. The molecule has 0 spiro atoms. The van der Waals surface area contributed by atoms with Gasteiger partial charge in [0.05, 0.1) is 12.1 Å². The Morgan fingerprint density at radius 3 is 1.97 bits per heavy atom. The van der Waals surface area contributed by atoms with E-state index in [9.17, 15) is 28.8 Å². The predicted molar refractivity (Wildman–Crippen MR) is 119 cm³/mol. The molecule has 0 rings (SSSR count). The van der Waals surface area contributed by atoms with Crippen molar-refractivity contribution in [3.8, 4) is 0 Å². The number of carbonyl (C=O) groups excluding carboxylic acids is 5. The molecule has 0 saturated carbocycles. The van der Waals surface area contributed by atoms with Gasteiger partial charge in [0.1, 0.15) is 24.4 Å². The average molecular weight is 473 g/mol. The van der Waals surface area contributed by atoms with E-state index in [2.05, 4.69) is 21.3 Å². The Balaban J connectivity index is 4.95. The lowest BCUT2D eigenvalue weighted by Gasteiger charge is -2.22. The van der Waals surface area contributed by atoms with Gasteiger partial charge in [-0.3, -0.25) is 24.0 Å². The first-order valence-corrected chi connectivity index (χ1v) is 10.8. The summed E-state index contributed by atoms with van der Waals surface area (Å²) in [5.41, 5.74) is 10.9. The fourth-order valence-electron chi connectivity index (χ4n) is 2.58. The summed E-state index contributed by atoms with van der Waals surface area (Å²) < 4.78 is 0. The Bertz CT molecular complexity index is 700. The first-order valence-electron chi connectivity index (χ1n) is 10.8. The molecular weight excluding hydrogens is 436 g/mol. The van der Waals surface area contributed by atoms with Crippen molar-refractivity contribution in [1.82, 2.24) is 21.3 Å². The average Bonchev–Trinajstić information content (AvgIpc) is 2.75. The summed E-state index contributed by atoms with van der Waals surface area (Å²) in [5.74, 6) is -3.59. The molecule has 13 heteroatoms. The summed E-state index contributed by atoms with van der Waals surface area (Å²) in [6.07, 6.45) is 1.77. The van der Waals surface area contributed by atoms with Crippen LogP contribution in [0.2, 0.25) is 0 Å².